The minimum Gasteiger partial charge on any atom is -0.384 e. The van der Waals surface area contributed by atoms with Crippen LogP contribution in [-0.4, -0.2) is 61.0 Å². The number of carbonyl (C=O) groups excluding carboxylic acids is 1. The number of nitrogens with zero attached hydrogens (tertiary/aromatic N) is 1. The number of aliphatic hydroxyl groups is 1. The largest absolute Gasteiger partial charge is 0.384 e. The third kappa shape index (κ3) is 8.02. The van der Waals surface area contributed by atoms with Gasteiger partial charge in [-0.1, -0.05) is 53.7 Å². The number of carbonyl (C=O) groups is 1. The highest BCUT2D eigenvalue weighted by molar-refractivity contribution is 9.10. The van der Waals surface area contributed by atoms with Gasteiger partial charge in [-0.15, -0.1) is 0 Å². The fourth-order valence-electron chi connectivity index (χ4n) is 5.08. The summed E-state index contributed by atoms with van der Waals surface area (Å²) < 4.78 is 44.8. The van der Waals surface area contributed by atoms with Crippen LogP contribution in [0.1, 0.15) is 55.5 Å². The van der Waals surface area contributed by atoms with Crippen molar-refractivity contribution in [2.45, 2.75) is 63.8 Å². The molecular weight excluding hydrogens is 612 g/mol. The normalized spacial score (nSPS) is 19.3. The zero-order valence-corrected chi connectivity index (χ0v) is 25.7. The van der Waals surface area contributed by atoms with Crippen LogP contribution in [0, 0.1) is 0 Å². The van der Waals surface area contributed by atoms with Crippen LogP contribution in [-0.2, 0) is 32.9 Å². The van der Waals surface area contributed by atoms with Crippen molar-refractivity contribution < 1.29 is 32.7 Å². The van der Waals surface area contributed by atoms with Gasteiger partial charge in [-0.3, -0.25) is 4.79 Å². The molecule has 1 aliphatic rings. The van der Waals surface area contributed by atoms with Gasteiger partial charge in [0.15, 0.2) is 5.76 Å². The summed E-state index contributed by atoms with van der Waals surface area (Å²) in [4.78, 5) is 11.3. The summed E-state index contributed by atoms with van der Waals surface area (Å²) >= 11 is 3.70. The maximum Gasteiger partial charge on any atom is 0.293 e. The molecule has 0 bridgehead atoms. The SMILES string of the molecule is CC(=O)NCCc1ccccc1-c1onc([C@H]2CNCC[C@]2(O)c2ccc(COCC(F)(F)COC(C)C)cc2)c1Br. The van der Waals surface area contributed by atoms with Gasteiger partial charge in [-0.25, -0.2) is 8.78 Å². The molecule has 0 radical (unpaired) electrons. The molecule has 2 aromatic carbocycles. The molecule has 1 amide bonds. The highest BCUT2D eigenvalue weighted by Gasteiger charge is 2.44. The molecule has 0 spiro atoms. The molecule has 42 heavy (non-hydrogen) atoms. The number of benzene rings is 2. The zero-order chi connectivity index (χ0) is 30.3. The van der Waals surface area contributed by atoms with Crippen LogP contribution in [0.25, 0.3) is 11.3 Å². The summed E-state index contributed by atoms with van der Waals surface area (Å²) in [5.41, 5.74) is 2.61. The van der Waals surface area contributed by atoms with Crippen molar-refractivity contribution in [3.63, 3.8) is 0 Å². The molecule has 1 aromatic heterocycles. The van der Waals surface area contributed by atoms with E-state index in [-0.39, 0.29) is 18.6 Å². The molecule has 4 rings (SSSR count). The molecule has 1 aliphatic heterocycles. The van der Waals surface area contributed by atoms with Gasteiger partial charge in [-0.05, 0) is 65.9 Å². The van der Waals surface area contributed by atoms with Crippen LogP contribution in [0.15, 0.2) is 57.5 Å². The number of hydrogen-bond acceptors (Lipinski definition) is 7. The molecule has 2 atom stereocenters. The van der Waals surface area contributed by atoms with Crippen molar-refractivity contribution in [3.05, 3.63) is 75.4 Å². The van der Waals surface area contributed by atoms with Gasteiger partial charge in [0.05, 0.1) is 23.1 Å². The quantitative estimate of drug-likeness (QED) is 0.230. The van der Waals surface area contributed by atoms with E-state index in [1.54, 1.807) is 26.0 Å². The Balaban J connectivity index is 1.49. The Kier molecular flexibility index (Phi) is 10.9. The molecule has 1 saturated heterocycles. The zero-order valence-electron chi connectivity index (χ0n) is 24.1. The summed E-state index contributed by atoms with van der Waals surface area (Å²) in [6.45, 7) is 5.07. The van der Waals surface area contributed by atoms with Gasteiger partial charge < -0.3 is 29.7 Å². The predicted octanol–water partition coefficient (Wildman–Crippen LogP) is 5.32. The number of hydrogen-bond donors (Lipinski definition) is 3. The first-order valence-electron chi connectivity index (χ1n) is 14.1. The predicted molar refractivity (Wildman–Crippen MR) is 158 cm³/mol. The van der Waals surface area contributed by atoms with Gasteiger partial charge >= 0.3 is 0 Å². The lowest BCUT2D eigenvalue weighted by Crippen LogP contribution is -2.46. The average Bonchev–Trinajstić information content (AvgIpc) is 3.33. The number of amides is 1. The number of nitrogens with one attached hydrogen (secondary N) is 2. The third-order valence-corrected chi connectivity index (χ3v) is 8.06. The number of aromatic nitrogens is 1. The molecule has 1 fully saturated rings. The van der Waals surface area contributed by atoms with Crippen molar-refractivity contribution in [1.29, 1.82) is 0 Å². The van der Waals surface area contributed by atoms with Crippen LogP contribution < -0.4 is 10.6 Å². The Morgan fingerprint density at radius 2 is 1.98 bits per heavy atom. The lowest BCUT2D eigenvalue weighted by molar-refractivity contribution is -0.135. The molecular formula is C31H38BrF2N3O5. The smallest absolute Gasteiger partial charge is 0.293 e. The molecule has 3 aromatic rings. The van der Waals surface area contributed by atoms with Gasteiger partial charge in [-0.2, -0.15) is 0 Å². The summed E-state index contributed by atoms with van der Waals surface area (Å²) in [6, 6.07) is 15.0. The van der Waals surface area contributed by atoms with E-state index in [0.717, 1.165) is 11.1 Å². The Bertz CT molecular complexity index is 1330. The Morgan fingerprint density at radius 3 is 2.69 bits per heavy atom. The van der Waals surface area contributed by atoms with Crippen molar-refractivity contribution >= 4 is 21.8 Å². The van der Waals surface area contributed by atoms with Crippen molar-refractivity contribution in [2.75, 3.05) is 32.8 Å². The second-order valence-electron chi connectivity index (χ2n) is 10.9. The first kappa shape index (κ1) is 32.2. The van der Waals surface area contributed by atoms with E-state index in [2.05, 4.69) is 31.7 Å². The standard InChI is InChI=1S/C31H38BrF2N3O5/c1-20(2)41-19-30(33,34)18-40-17-22-8-10-24(11-9-22)31(39)13-15-35-16-26(31)28-27(32)29(42-37-28)25-7-5-4-6-23(25)12-14-36-21(3)38/h4-11,20,26,35,39H,12-19H2,1-3H3,(H,36,38)/t26-,31+/m1/s1. The number of alkyl halides is 2. The monoisotopic (exact) mass is 649 g/mol. The second-order valence-corrected chi connectivity index (χ2v) is 11.7. The van der Waals surface area contributed by atoms with Crippen molar-refractivity contribution in [2.24, 2.45) is 0 Å². The van der Waals surface area contributed by atoms with E-state index in [9.17, 15) is 18.7 Å². The maximum atomic E-state index is 14.0. The second kappa shape index (κ2) is 14.2. The van der Waals surface area contributed by atoms with E-state index in [4.69, 9.17) is 14.0 Å². The number of ether oxygens (including phenoxy) is 2. The van der Waals surface area contributed by atoms with Crippen molar-refractivity contribution in [1.82, 2.24) is 15.8 Å². The minimum absolute atomic E-state index is 0.0144. The van der Waals surface area contributed by atoms with E-state index >= 15 is 0 Å². The van der Waals surface area contributed by atoms with Gasteiger partial charge in [0.25, 0.3) is 5.92 Å². The average molecular weight is 651 g/mol. The van der Waals surface area contributed by atoms with E-state index in [0.29, 0.717) is 59.5 Å². The van der Waals surface area contributed by atoms with E-state index < -0.39 is 30.7 Å². The summed E-state index contributed by atoms with van der Waals surface area (Å²) in [5, 5.41) is 22.6. The molecule has 8 nitrogen and oxygen atoms in total. The number of piperidine rings is 1. The van der Waals surface area contributed by atoms with Crippen LogP contribution >= 0.6 is 15.9 Å². The van der Waals surface area contributed by atoms with Crippen LogP contribution in [0.2, 0.25) is 0 Å². The first-order valence-corrected chi connectivity index (χ1v) is 14.9. The third-order valence-electron chi connectivity index (χ3n) is 7.29. The van der Waals surface area contributed by atoms with Gasteiger partial charge in [0.1, 0.15) is 24.5 Å². The van der Waals surface area contributed by atoms with Crippen molar-refractivity contribution in [3.8, 4) is 11.3 Å². The molecule has 0 unspecified atom stereocenters. The van der Waals surface area contributed by atoms with Crippen LogP contribution in [0.4, 0.5) is 8.78 Å². The molecule has 0 saturated carbocycles. The van der Waals surface area contributed by atoms with Gasteiger partial charge in [0.2, 0.25) is 5.91 Å². The minimum atomic E-state index is -3.07. The lowest BCUT2D eigenvalue weighted by Gasteiger charge is -2.40. The Hall–Kier alpha value is -2.70. The van der Waals surface area contributed by atoms with Crippen LogP contribution in [0.3, 0.4) is 0 Å². The number of rotatable bonds is 13. The first-order chi connectivity index (χ1) is 20.0. The molecule has 228 valence electrons. The fraction of sp³-hybridized carbons (Fsp3) is 0.484. The summed E-state index contributed by atoms with van der Waals surface area (Å²) in [6.07, 6.45) is 0.777. The lowest BCUT2D eigenvalue weighted by atomic mass is 9.74. The molecule has 11 heteroatoms. The Morgan fingerprint density at radius 1 is 1.24 bits per heavy atom. The highest BCUT2D eigenvalue weighted by atomic mass is 79.9. The highest BCUT2D eigenvalue weighted by Crippen LogP contribution is 2.45. The molecule has 3 N–H and O–H groups in total. The van der Waals surface area contributed by atoms with Crippen LogP contribution in [0.5, 0.6) is 0 Å². The van der Waals surface area contributed by atoms with E-state index in [1.807, 2.05) is 36.4 Å². The number of halogens is 3. The molecule has 2 heterocycles. The maximum absolute atomic E-state index is 14.0. The summed E-state index contributed by atoms with van der Waals surface area (Å²) in [7, 11) is 0. The fourth-order valence-corrected chi connectivity index (χ4v) is 5.72. The summed E-state index contributed by atoms with van der Waals surface area (Å²) in [5.74, 6) is -3.03. The topological polar surface area (TPSA) is 106 Å². The van der Waals surface area contributed by atoms with Gasteiger partial charge in [0, 0.05) is 25.6 Å². The Labute approximate surface area is 253 Å². The van der Waals surface area contributed by atoms with E-state index in [1.165, 1.54) is 6.92 Å². The molecule has 0 aliphatic carbocycles.